The third kappa shape index (κ3) is 5.66. The lowest BCUT2D eigenvalue weighted by Gasteiger charge is -1.86. The van der Waals surface area contributed by atoms with Gasteiger partial charge in [0.1, 0.15) is 0 Å². The van der Waals surface area contributed by atoms with Gasteiger partial charge in [-0.15, -0.1) is 0 Å². The SMILES string of the molecule is C=[N+](C)O.CCC(=O)c1ccco1. The van der Waals surface area contributed by atoms with Crippen molar-refractivity contribution in [3.05, 3.63) is 24.2 Å². The van der Waals surface area contributed by atoms with Crippen molar-refractivity contribution in [1.29, 1.82) is 0 Å². The Morgan fingerprint density at radius 1 is 1.77 bits per heavy atom. The molecule has 0 fully saturated rings. The number of nitrogens with zero attached hydrogens (tertiary/aromatic N) is 1. The van der Waals surface area contributed by atoms with Gasteiger partial charge in [0.15, 0.2) is 25.3 Å². The smallest absolute Gasteiger partial charge is 0.197 e. The van der Waals surface area contributed by atoms with Crippen LogP contribution in [0.15, 0.2) is 22.8 Å². The molecular formula is C9H14NO3+. The average Bonchev–Trinajstić information content (AvgIpc) is 2.54. The Morgan fingerprint density at radius 3 is 2.62 bits per heavy atom. The molecule has 4 heteroatoms. The Kier molecular flexibility index (Phi) is 5.27. The van der Waals surface area contributed by atoms with Crippen LogP contribution in [0.1, 0.15) is 23.9 Å². The van der Waals surface area contributed by atoms with Gasteiger partial charge in [-0.3, -0.25) is 10.0 Å². The number of Topliss-reactive ketones (excluding diaryl/α,β-unsaturated/α-hetero) is 1. The van der Waals surface area contributed by atoms with Gasteiger partial charge in [-0.05, 0) is 16.9 Å². The van der Waals surface area contributed by atoms with E-state index in [4.69, 9.17) is 9.62 Å². The summed E-state index contributed by atoms with van der Waals surface area (Å²) in [5, 5.41) is 7.78. The molecular weight excluding hydrogens is 170 g/mol. The Bertz CT molecular complexity index is 260. The topological polar surface area (TPSA) is 53.5 Å². The van der Waals surface area contributed by atoms with Gasteiger partial charge in [0, 0.05) is 6.42 Å². The fraction of sp³-hybridized carbons (Fsp3) is 0.333. The summed E-state index contributed by atoms with van der Waals surface area (Å²) in [6.07, 6.45) is 2.01. The number of hydroxylamine groups is 1. The van der Waals surface area contributed by atoms with Crippen molar-refractivity contribution in [2.75, 3.05) is 7.05 Å². The first kappa shape index (κ1) is 11.4. The van der Waals surface area contributed by atoms with Gasteiger partial charge in [-0.1, -0.05) is 6.92 Å². The van der Waals surface area contributed by atoms with Crippen molar-refractivity contribution < 1.29 is 19.2 Å². The van der Waals surface area contributed by atoms with Gasteiger partial charge >= 0.3 is 0 Å². The van der Waals surface area contributed by atoms with E-state index in [1.54, 1.807) is 12.1 Å². The maximum atomic E-state index is 10.8. The summed E-state index contributed by atoms with van der Waals surface area (Å²) in [6, 6.07) is 3.38. The minimum Gasteiger partial charge on any atom is -0.461 e. The third-order valence-corrected chi connectivity index (χ3v) is 1.12. The predicted octanol–water partition coefficient (Wildman–Crippen LogP) is 1.59. The van der Waals surface area contributed by atoms with Gasteiger partial charge in [-0.25, -0.2) is 0 Å². The van der Waals surface area contributed by atoms with E-state index in [0.717, 1.165) is 4.74 Å². The molecule has 4 nitrogen and oxygen atoms in total. The van der Waals surface area contributed by atoms with Crippen molar-refractivity contribution in [2.24, 2.45) is 0 Å². The summed E-state index contributed by atoms with van der Waals surface area (Å²) < 4.78 is 5.59. The molecule has 1 N–H and O–H groups in total. The number of ketones is 1. The first-order valence-corrected chi connectivity index (χ1v) is 3.87. The Balaban J connectivity index is 0.000000310. The zero-order chi connectivity index (χ0) is 10.3. The normalized spacial score (nSPS) is 8.46. The molecule has 0 aliphatic carbocycles. The van der Waals surface area contributed by atoms with Crippen molar-refractivity contribution in [1.82, 2.24) is 0 Å². The zero-order valence-electron chi connectivity index (χ0n) is 7.86. The standard InChI is InChI=1S/C7H8O2.C2H6NO/c1-2-6(8)7-4-3-5-9-7;1-3(2)4/h3-5H,2H2,1H3;4H,1H2,2H3/q;+1. The van der Waals surface area contributed by atoms with E-state index < -0.39 is 0 Å². The fourth-order valence-corrected chi connectivity index (χ4v) is 0.611. The molecule has 1 rings (SSSR count). The number of carbonyl (C=O) groups excluding carboxylic acids is 1. The number of hydrogen-bond donors (Lipinski definition) is 1. The van der Waals surface area contributed by atoms with E-state index in [2.05, 4.69) is 6.72 Å². The first-order valence-electron chi connectivity index (χ1n) is 3.87. The van der Waals surface area contributed by atoms with E-state index >= 15 is 0 Å². The predicted molar refractivity (Wildman–Crippen MR) is 48.4 cm³/mol. The summed E-state index contributed by atoms with van der Waals surface area (Å²) in [4.78, 5) is 10.8. The van der Waals surface area contributed by atoms with Crippen LogP contribution in [0, 0.1) is 0 Å². The molecule has 1 aromatic rings. The molecule has 0 aromatic carbocycles. The number of rotatable bonds is 2. The van der Waals surface area contributed by atoms with Crippen LogP contribution < -0.4 is 0 Å². The van der Waals surface area contributed by atoms with Crippen molar-refractivity contribution in [2.45, 2.75) is 13.3 Å². The molecule has 0 aliphatic rings. The molecule has 72 valence electrons. The molecule has 0 atom stereocenters. The van der Waals surface area contributed by atoms with Crippen molar-refractivity contribution >= 4 is 12.5 Å². The zero-order valence-corrected chi connectivity index (χ0v) is 7.86. The van der Waals surface area contributed by atoms with E-state index in [1.165, 1.54) is 13.3 Å². The second-order valence-electron chi connectivity index (χ2n) is 2.41. The molecule has 0 unspecified atom stereocenters. The monoisotopic (exact) mass is 184 g/mol. The van der Waals surface area contributed by atoms with Crippen molar-refractivity contribution in [3.63, 3.8) is 0 Å². The van der Waals surface area contributed by atoms with Gasteiger partial charge in [-0.2, -0.15) is 0 Å². The van der Waals surface area contributed by atoms with Gasteiger partial charge in [0.05, 0.1) is 6.26 Å². The molecule has 0 aliphatic heterocycles. The Labute approximate surface area is 77.1 Å². The van der Waals surface area contributed by atoms with E-state index in [1.807, 2.05) is 6.92 Å². The summed E-state index contributed by atoms with van der Waals surface area (Å²) in [5.41, 5.74) is 0. The molecule has 0 amide bonds. The number of hydrogen-bond acceptors (Lipinski definition) is 3. The maximum absolute atomic E-state index is 10.8. The second-order valence-corrected chi connectivity index (χ2v) is 2.41. The molecule has 1 aromatic heterocycles. The highest BCUT2D eigenvalue weighted by Crippen LogP contribution is 2.02. The van der Waals surface area contributed by atoms with Crippen LogP contribution in [0.2, 0.25) is 0 Å². The minimum atomic E-state index is 0.0556. The highest BCUT2D eigenvalue weighted by atomic mass is 16.5. The summed E-state index contributed by atoms with van der Waals surface area (Å²) in [5.74, 6) is 0.512. The minimum absolute atomic E-state index is 0.0556. The second kappa shape index (κ2) is 5.99. The molecule has 13 heavy (non-hydrogen) atoms. The summed E-state index contributed by atoms with van der Waals surface area (Å²) in [7, 11) is 1.44. The van der Waals surface area contributed by atoms with E-state index in [-0.39, 0.29) is 5.78 Å². The lowest BCUT2D eigenvalue weighted by Crippen LogP contribution is -1.91. The summed E-state index contributed by atoms with van der Waals surface area (Å²) >= 11 is 0. The molecule has 0 saturated heterocycles. The Hall–Kier alpha value is -1.58. The third-order valence-electron chi connectivity index (χ3n) is 1.12. The highest BCUT2D eigenvalue weighted by molar-refractivity contribution is 5.93. The molecule has 0 radical (unpaired) electrons. The van der Waals surface area contributed by atoms with Crippen molar-refractivity contribution in [3.8, 4) is 0 Å². The number of furan rings is 1. The largest absolute Gasteiger partial charge is 0.461 e. The lowest BCUT2D eigenvalue weighted by atomic mass is 10.2. The maximum Gasteiger partial charge on any atom is 0.197 e. The van der Waals surface area contributed by atoms with Gasteiger partial charge < -0.3 is 4.42 Å². The molecule has 0 saturated carbocycles. The van der Waals surface area contributed by atoms with Gasteiger partial charge in [0.25, 0.3) is 0 Å². The molecule has 1 heterocycles. The van der Waals surface area contributed by atoms with Crippen LogP contribution in [0.3, 0.4) is 0 Å². The van der Waals surface area contributed by atoms with Crippen LogP contribution in [0.5, 0.6) is 0 Å². The van der Waals surface area contributed by atoms with Crippen LogP contribution in [-0.2, 0) is 0 Å². The number of carbonyl (C=O) groups is 1. The van der Waals surface area contributed by atoms with E-state index in [9.17, 15) is 4.79 Å². The van der Waals surface area contributed by atoms with E-state index in [0.29, 0.717) is 12.2 Å². The van der Waals surface area contributed by atoms with Crippen LogP contribution in [-0.4, -0.2) is 29.5 Å². The quantitative estimate of drug-likeness (QED) is 0.250. The highest BCUT2D eigenvalue weighted by Gasteiger charge is 2.02. The molecule has 0 bridgehead atoms. The van der Waals surface area contributed by atoms with Gasteiger partial charge in [0.2, 0.25) is 0 Å². The first-order chi connectivity index (χ1) is 6.07. The average molecular weight is 184 g/mol. The van der Waals surface area contributed by atoms with Crippen LogP contribution >= 0.6 is 0 Å². The lowest BCUT2D eigenvalue weighted by molar-refractivity contribution is -0.748. The summed E-state index contributed by atoms with van der Waals surface area (Å²) in [6.45, 7) is 4.84. The fourth-order valence-electron chi connectivity index (χ4n) is 0.611. The Morgan fingerprint density at radius 2 is 2.31 bits per heavy atom. The molecule has 0 spiro atoms. The van der Waals surface area contributed by atoms with Crippen LogP contribution in [0.25, 0.3) is 0 Å². The van der Waals surface area contributed by atoms with Crippen LogP contribution in [0.4, 0.5) is 0 Å².